The van der Waals surface area contributed by atoms with Crippen LogP contribution in [0, 0.1) is 5.82 Å². The van der Waals surface area contributed by atoms with Gasteiger partial charge in [0.1, 0.15) is 5.82 Å². The minimum Gasteiger partial charge on any atom is -0.326 e. The van der Waals surface area contributed by atoms with Gasteiger partial charge in [0.25, 0.3) is 0 Å². The van der Waals surface area contributed by atoms with Crippen LogP contribution in [-0.2, 0) is 6.54 Å². The molecule has 0 heterocycles. The Morgan fingerprint density at radius 3 is 2.56 bits per heavy atom. The first kappa shape index (κ1) is 13.1. The number of hydrogen-bond donors (Lipinski definition) is 1. The Morgan fingerprint density at radius 2 is 2.00 bits per heavy atom. The summed E-state index contributed by atoms with van der Waals surface area (Å²) in [6, 6.07) is 7.27. The normalized spacial score (nSPS) is 15.1. The number of likely N-dealkylation sites (N-methyl/N-ethyl adjacent to an activating group) is 1. The van der Waals surface area contributed by atoms with E-state index in [1.165, 1.54) is 6.07 Å². The van der Waals surface area contributed by atoms with E-state index in [2.05, 4.69) is 18.7 Å². The van der Waals surface area contributed by atoms with Gasteiger partial charge in [-0.25, -0.2) is 4.39 Å². The molecule has 2 atom stereocenters. The van der Waals surface area contributed by atoms with Gasteiger partial charge < -0.3 is 5.73 Å². The molecule has 1 rings (SSSR count). The summed E-state index contributed by atoms with van der Waals surface area (Å²) in [4.78, 5) is 2.09. The topological polar surface area (TPSA) is 29.3 Å². The molecule has 3 heteroatoms. The lowest BCUT2D eigenvalue weighted by molar-refractivity contribution is 0.213. The van der Waals surface area contributed by atoms with Gasteiger partial charge in [-0.05, 0) is 26.5 Å². The number of nitrogens with two attached hydrogens (primary N) is 1. The maximum atomic E-state index is 13.4. The van der Waals surface area contributed by atoms with Gasteiger partial charge in [0.15, 0.2) is 0 Å². The van der Waals surface area contributed by atoms with E-state index in [0.29, 0.717) is 6.54 Å². The minimum atomic E-state index is -0.147. The molecule has 2 unspecified atom stereocenters. The fourth-order valence-electron chi connectivity index (χ4n) is 1.71. The van der Waals surface area contributed by atoms with Crippen LogP contribution in [0.15, 0.2) is 24.3 Å². The van der Waals surface area contributed by atoms with Crippen molar-refractivity contribution in [2.75, 3.05) is 7.05 Å². The lowest BCUT2D eigenvalue weighted by Crippen LogP contribution is -2.43. The van der Waals surface area contributed by atoms with E-state index in [4.69, 9.17) is 5.73 Å². The number of hydrogen-bond acceptors (Lipinski definition) is 2. The first-order valence-corrected chi connectivity index (χ1v) is 5.75. The summed E-state index contributed by atoms with van der Waals surface area (Å²) in [7, 11) is 1.98. The van der Waals surface area contributed by atoms with Gasteiger partial charge in [-0.1, -0.05) is 25.1 Å². The molecule has 0 bridgehead atoms. The van der Waals surface area contributed by atoms with E-state index < -0.39 is 0 Å². The van der Waals surface area contributed by atoms with E-state index in [9.17, 15) is 4.39 Å². The Bertz CT molecular complexity index is 327. The van der Waals surface area contributed by atoms with Crippen molar-refractivity contribution in [3.05, 3.63) is 35.6 Å². The molecule has 1 aromatic rings. The van der Waals surface area contributed by atoms with Crippen molar-refractivity contribution in [3.8, 4) is 0 Å². The molecule has 16 heavy (non-hydrogen) atoms. The van der Waals surface area contributed by atoms with E-state index in [-0.39, 0.29) is 17.9 Å². The third-order valence-electron chi connectivity index (χ3n) is 3.16. The summed E-state index contributed by atoms with van der Waals surface area (Å²) < 4.78 is 13.4. The van der Waals surface area contributed by atoms with Crippen molar-refractivity contribution < 1.29 is 4.39 Å². The maximum Gasteiger partial charge on any atom is 0.127 e. The summed E-state index contributed by atoms with van der Waals surface area (Å²) in [5, 5.41) is 0. The Balaban J connectivity index is 2.64. The monoisotopic (exact) mass is 224 g/mol. The molecule has 0 saturated heterocycles. The summed E-state index contributed by atoms with van der Waals surface area (Å²) in [6.07, 6.45) is 0.933. The number of halogens is 1. The molecule has 0 fully saturated rings. The lowest BCUT2D eigenvalue weighted by atomic mass is 10.1. The fourth-order valence-corrected chi connectivity index (χ4v) is 1.71. The van der Waals surface area contributed by atoms with Crippen molar-refractivity contribution in [2.45, 2.75) is 38.9 Å². The third-order valence-corrected chi connectivity index (χ3v) is 3.16. The first-order valence-electron chi connectivity index (χ1n) is 5.75. The zero-order valence-corrected chi connectivity index (χ0v) is 10.3. The highest BCUT2D eigenvalue weighted by molar-refractivity contribution is 5.17. The van der Waals surface area contributed by atoms with E-state index in [0.717, 1.165) is 12.0 Å². The maximum absolute atomic E-state index is 13.4. The molecule has 2 N–H and O–H groups in total. The Labute approximate surface area is 97.3 Å². The Morgan fingerprint density at radius 1 is 1.38 bits per heavy atom. The van der Waals surface area contributed by atoms with Crippen molar-refractivity contribution in [3.63, 3.8) is 0 Å². The predicted molar refractivity (Wildman–Crippen MR) is 65.6 cm³/mol. The highest BCUT2D eigenvalue weighted by Gasteiger charge is 2.16. The van der Waals surface area contributed by atoms with Crippen LogP contribution < -0.4 is 5.73 Å². The SMILES string of the molecule is CCC(N)C(C)N(C)Cc1ccccc1F. The zero-order valence-electron chi connectivity index (χ0n) is 10.3. The second-order valence-corrected chi connectivity index (χ2v) is 4.32. The summed E-state index contributed by atoms with van der Waals surface area (Å²) >= 11 is 0. The predicted octanol–water partition coefficient (Wildman–Crippen LogP) is 2.38. The molecule has 1 aromatic carbocycles. The van der Waals surface area contributed by atoms with Crippen LogP contribution in [0.4, 0.5) is 4.39 Å². The van der Waals surface area contributed by atoms with Crippen LogP contribution in [0.3, 0.4) is 0 Å². The summed E-state index contributed by atoms with van der Waals surface area (Å²) in [5.41, 5.74) is 6.70. The van der Waals surface area contributed by atoms with Crippen LogP contribution >= 0.6 is 0 Å². The molecular formula is C13H21FN2. The molecule has 0 aliphatic heterocycles. The first-order chi connectivity index (χ1) is 7.56. The molecule has 0 aromatic heterocycles. The molecule has 2 nitrogen and oxygen atoms in total. The van der Waals surface area contributed by atoms with Gasteiger partial charge in [0, 0.05) is 24.2 Å². The molecular weight excluding hydrogens is 203 g/mol. The quantitative estimate of drug-likeness (QED) is 0.832. The molecule has 0 spiro atoms. The fraction of sp³-hybridized carbons (Fsp3) is 0.538. The van der Waals surface area contributed by atoms with Gasteiger partial charge in [0.05, 0.1) is 0 Å². The number of benzene rings is 1. The van der Waals surface area contributed by atoms with Gasteiger partial charge in [-0.15, -0.1) is 0 Å². The lowest BCUT2D eigenvalue weighted by Gasteiger charge is -2.29. The molecule has 0 amide bonds. The van der Waals surface area contributed by atoms with E-state index >= 15 is 0 Å². The highest BCUT2D eigenvalue weighted by Crippen LogP contribution is 2.12. The standard InChI is InChI=1S/C13H21FN2/c1-4-13(15)10(2)16(3)9-11-7-5-6-8-12(11)14/h5-8,10,13H,4,9,15H2,1-3H3. The molecule has 0 saturated carbocycles. The summed E-state index contributed by atoms with van der Waals surface area (Å²) in [5.74, 6) is -0.147. The minimum absolute atomic E-state index is 0.136. The smallest absolute Gasteiger partial charge is 0.127 e. The summed E-state index contributed by atoms with van der Waals surface area (Å²) in [6.45, 7) is 4.74. The second-order valence-electron chi connectivity index (χ2n) is 4.32. The average molecular weight is 224 g/mol. The highest BCUT2D eigenvalue weighted by atomic mass is 19.1. The average Bonchev–Trinajstić information content (AvgIpc) is 2.30. The van der Waals surface area contributed by atoms with Crippen LogP contribution in [0.5, 0.6) is 0 Å². The molecule has 0 aliphatic carbocycles. The van der Waals surface area contributed by atoms with Crippen LogP contribution in [0.1, 0.15) is 25.8 Å². The van der Waals surface area contributed by atoms with E-state index in [1.54, 1.807) is 6.07 Å². The van der Waals surface area contributed by atoms with Gasteiger partial charge in [0.2, 0.25) is 0 Å². The number of nitrogens with zero attached hydrogens (tertiary/aromatic N) is 1. The molecule has 0 radical (unpaired) electrons. The van der Waals surface area contributed by atoms with Crippen LogP contribution in [-0.4, -0.2) is 24.0 Å². The molecule has 90 valence electrons. The van der Waals surface area contributed by atoms with Crippen LogP contribution in [0.2, 0.25) is 0 Å². The Kier molecular flexibility index (Phi) is 4.90. The van der Waals surface area contributed by atoms with Gasteiger partial charge >= 0.3 is 0 Å². The third kappa shape index (κ3) is 3.29. The zero-order chi connectivity index (χ0) is 12.1. The van der Waals surface area contributed by atoms with Crippen molar-refractivity contribution in [1.29, 1.82) is 0 Å². The van der Waals surface area contributed by atoms with Crippen molar-refractivity contribution >= 4 is 0 Å². The van der Waals surface area contributed by atoms with Crippen molar-refractivity contribution in [2.24, 2.45) is 5.73 Å². The Hall–Kier alpha value is -0.930. The van der Waals surface area contributed by atoms with Gasteiger partial charge in [-0.2, -0.15) is 0 Å². The van der Waals surface area contributed by atoms with Crippen LogP contribution in [0.25, 0.3) is 0 Å². The van der Waals surface area contributed by atoms with E-state index in [1.807, 2.05) is 19.2 Å². The van der Waals surface area contributed by atoms with Crippen molar-refractivity contribution in [1.82, 2.24) is 4.90 Å². The largest absolute Gasteiger partial charge is 0.326 e. The molecule has 0 aliphatic rings. The number of rotatable bonds is 5. The van der Waals surface area contributed by atoms with Gasteiger partial charge in [-0.3, -0.25) is 4.90 Å². The second kappa shape index (κ2) is 5.97.